The van der Waals surface area contributed by atoms with Crippen LogP contribution in [0, 0.1) is 5.92 Å². The zero-order valence-corrected chi connectivity index (χ0v) is 15.8. The lowest BCUT2D eigenvalue weighted by atomic mass is 9.80. The molecule has 0 spiro atoms. The molecular formula is C19H29BrN2O. The number of halogens is 1. The van der Waals surface area contributed by atoms with Crippen LogP contribution in [0.25, 0.3) is 0 Å². The molecule has 128 valence electrons. The van der Waals surface area contributed by atoms with Gasteiger partial charge in [-0.25, -0.2) is 0 Å². The quantitative estimate of drug-likeness (QED) is 0.820. The standard InChI is InChI=1S/C19H29BrN2O/c1-2-23-18-9-8-16(20)14-17(18)19(15-6-4-3-5-7-15)22-12-10-21-11-13-22/h8-9,14-15,19,21H,2-7,10-13H2,1H3/t19-/m0/s1. The molecule has 1 aromatic carbocycles. The van der Waals surface area contributed by atoms with E-state index < -0.39 is 0 Å². The molecule has 4 heteroatoms. The van der Waals surface area contributed by atoms with E-state index in [1.54, 1.807) is 0 Å². The van der Waals surface area contributed by atoms with Crippen LogP contribution in [0.1, 0.15) is 50.6 Å². The third kappa shape index (κ3) is 4.28. The van der Waals surface area contributed by atoms with Crippen LogP contribution in [0.15, 0.2) is 22.7 Å². The third-order valence-corrected chi connectivity index (χ3v) is 5.72. The first-order valence-corrected chi connectivity index (χ1v) is 9.96. The van der Waals surface area contributed by atoms with E-state index in [1.807, 2.05) is 0 Å². The fourth-order valence-corrected chi connectivity index (χ4v) is 4.58. The first kappa shape index (κ1) is 17.2. The van der Waals surface area contributed by atoms with Crippen LogP contribution in [0.4, 0.5) is 0 Å². The second-order valence-electron chi connectivity index (χ2n) is 6.74. The largest absolute Gasteiger partial charge is 0.494 e. The number of rotatable bonds is 5. The highest BCUT2D eigenvalue weighted by molar-refractivity contribution is 9.10. The van der Waals surface area contributed by atoms with Gasteiger partial charge in [-0.05, 0) is 43.9 Å². The van der Waals surface area contributed by atoms with Crippen molar-refractivity contribution in [3.8, 4) is 5.75 Å². The minimum atomic E-state index is 0.497. The lowest BCUT2D eigenvalue weighted by Crippen LogP contribution is -2.47. The van der Waals surface area contributed by atoms with Crippen LogP contribution in [0.5, 0.6) is 5.75 Å². The molecule has 1 aromatic rings. The predicted octanol–water partition coefficient (Wildman–Crippen LogP) is 4.37. The fourth-order valence-electron chi connectivity index (χ4n) is 4.20. The SMILES string of the molecule is CCOc1ccc(Br)cc1[C@H](C1CCCCC1)N1CCNCC1. The van der Waals surface area contributed by atoms with Crippen LogP contribution in [-0.4, -0.2) is 37.7 Å². The van der Waals surface area contributed by atoms with Crippen LogP contribution < -0.4 is 10.1 Å². The van der Waals surface area contributed by atoms with Gasteiger partial charge in [0, 0.05) is 42.3 Å². The second-order valence-corrected chi connectivity index (χ2v) is 7.66. The Morgan fingerprint density at radius 3 is 2.65 bits per heavy atom. The van der Waals surface area contributed by atoms with Gasteiger partial charge in [-0.3, -0.25) is 4.90 Å². The summed E-state index contributed by atoms with van der Waals surface area (Å²) in [6.07, 6.45) is 6.87. The Bertz CT molecular complexity index is 478. The van der Waals surface area contributed by atoms with Gasteiger partial charge in [-0.2, -0.15) is 0 Å². The number of hydrogen-bond acceptors (Lipinski definition) is 3. The summed E-state index contributed by atoms with van der Waals surface area (Å²) in [5.74, 6) is 1.83. The highest BCUT2D eigenvalue weighted by atomic mass is 79.9. The van der Waals surface area contributed by atoms with Crippen molar-refractivity contribution in [1.82, 2.24) is 10.2 Å². The maximum absolute atomic E-state index is 5.99. The van der Waals surface area contributed by atoms with Gasteiger partial charge in [-0.15, -0.1) is 0 Å². The van der Waals surface area contributed by atoms with Gasteiger partial charge in [0.05, 0.1) is 6.61 Å². The zero-order chi connectivity index (χ0) is 16.1. The van der Waals surface area contributed by atoms with Gasteiger partial charge in [0.2, 0.25) is 0 Å². The summed E-state index contributed by atoms with van der Waals surface area (Å²) in [4.78, 5) is 2.69. The minimum Gasteiger partial charge on any atom is -0.494 e. The molecule has 23 heavy (non-hydrogen) atoms. The highest BCUT2D eigenvalue weighted by Gasteiger charge is 2.32. The van der Waals surface area contributed by atoms with Gasteiger partial charge in [0.25, 0.3) is 0 Å². The first-order valence-electron chi connectivity index (χ1n) is 9.16. The van der Waals surface area contributed by atoms with E-state index in [-0.39, 0.29) is 0 Å². The van der Waals surface area contributed by atoms with Gasteiger partial charge >= 0.3 is 0 Å². The van der Waals surface area contributed by atoms with E-state index >= 15 is 0 Å². The molecule has 0 unspecified atom stereocenters. The Morgan fingerprint density at radius 2 is 1.96 bits per heavy atom. The van der Waals surface area contributed by atoms with Crippen molar-refractivity contribution in [3.63, 3.8) is 0 Å². The molecule has 1 heterocycles. The molecule has 2 aliphatic rings. The van der Waals surface area contributed by atoms with E-state index in [9.17, 15) is 0 Å². The van der Waals surface area contributed by atoms with E-state index in [0.29, 0.717) is 6.04 Å². The molecule has 1 aliphatic carbocycles. The van der Waals surface area contributed by atoms with E-state index in [4.69, 9.17) is 4.74 Å². The number of benzene rings is 1. The average molecular weight is 381 g/mol. The normalized spacial score (nSPS) is 22.0. The smallest absolute Gasteiger partial charge is 0.124 e. The Morgan fingerprint density at radius 1 is 1.22 bits per heavy atom. The Hall–Kier alpha value is -0.580. The van der Waals surface area contributed by atoms with Gasteiger partial charge in [-0.1, -0.05) is 35.2 Å². The van der Waals surface area contributed by atoms with Crippen LogP contribution in [-0.2, 0) is 0 Å². The van der Waals surface area contributed by atoms with Crippen LogP contribution >= 0.6 is 15.9 Å². The fraction of sp³-hybridized carbons (Fsp3) is 0.684. The van der Waals surface area contributed by atoms with Crippen molar-refractivity contribution in [3.05, 3.63) is 28.2 Å². The van der Waals surface area contributed by atoms with E-state index in [2.05, 4.69) is 51.3 Å². The number of nitrogens with zero attached hydrogens (tertiary/aromatic N) is 1. The Balaban J connectivity index is 1.94. The molecule has 3 rings (SSSR count). The summed E-state index contributed by atoms with van der Waals surface area (Å²) < 4.78 is 7.15. The van der Waals surface area contributed by atoms with Crippen molar-refractivity contribution in [2.75, 3.05) is 32.8 Å². The maximum atomic E-state index is 5.99. The van der Waals surface area contributed by atoms with Gasteiger partial charge in [0.15, 0.2) is 0 Å². The molecule has 2 fully saturated rings. The second kappa shape index (κ2) is 8.50. The molecule has 0 radical (unpaired) electrons. The molecular weight excluding hydrogens is 352 g/mol. The highest BCUT2D eigenvalue weighted by Crippen LogP contribution is 2.42. The average Bonchev–Trinajstić information content (AvgIpc) is 2.60. The minimum absolute atomic E-state index is 0.497. The molecule has 1 aliphatic heterocycles. The monoisotopic (exact) mass is 380 g/mol. The van der Waals surface area contributed by atoms with E-state index in [0.717, 1.165) is 48.9 Å². The number of nitrogens with one attached hydrogen (secondary N) is 1. The Labute approximate surface area is 148 Å². The maximum Gasteiger partial charge on any atom is 0.124 e. The molecule has 1 N–H and O–H groups in total. The molecule has 0 aromatic heterocycles. The summed E-state index contributed by atoms with van der Waals surface area (Å²) in [7, 11) is 0. The molecule has 1 saturated carbocycles. The number of piperazine rings is 1. The van der Waals surface area contributed by atoms with Crippen LogP contribution in [0.2, 0.25) is 0 Å². The molecule has 0 bridgehead atoms. The van der Waals surface area contributed by atoms with Crippen molar-refractivity contribution in [2.24, 2.45) is 5.92 Å². The summed E-state index contributed by atoms with van der Waals surface area (Å²) in [5.41, 5.74) is 1.38. The lowest BCUT2D eigenvalue weighted by molar-refractivity contribution is 0.101. The Kier molecular flexibility index (Phi) is 6.37. The molecule has 1 saturated heterocycles. The van der Waals surface area contributed by atoms with E-state index in [1.165, 1.54) is 37.7 Å². The first-order chi connectivity index (χ1) is 11.3. The van der Waals surface area contributed by atoms with Crippen molar-refractivity contribution in [2.45, 2.75) is 45.1 Å². The van der Waals surface area contributed by atoms with Crippen molar-refractivity contribution >= 4 is 15.9 Å². The summed E-state index contributed by atoms with van der Waals surface area (Å²) in [6, 6.07) is 7.04. The summed E-state index contributed by atoms with van der Waals surface area (Å²) >= 11 is 3.68. The topological polar surface area (TPSA) is 24.5 Å². The number of ether oxygens (including phenoxy) is 1. The zero-order valence-electron chi connectivity index (χ0n) is 14.2. The molecule has 1 atom stereocenters. The van der Waals surface area contributed by atoms with Crippen LogP contribution in [0.3, 0.4) is 0 Å². The summed E-state index contributed by atoms with van der Waals surface area (Å²) in [6.45, 7) is 7.28. The lowest BCUT2D eigenvalue weighted by Gasteiger charge is -2.41. The van der Waals surface area contributed by atoms with Crippen molar-refractivity contribution in [1.29, 1.82) is 0 Å². The molecule has 3 nitrogen and oxygen atoms in total. The van der Waals surface area contributed by atoms with Gasteiger partial charge in [0.1, 0.15) is 5.75 Å². The van der Waals surface area contributed by atoms with Crippen molar-refractivity contribution < 1.29 is 4.74 Å². The predicted molar refractivity (Wildman–Crippen MR) is 99.1 cm³/mol. The summed E-state index contributed by atoms with van der Waals surface area (Å²) in [5, 5.41) is 3.49. The molecule has 0 amide bonds. The van der Waals surface area contributed by atoms with Gasteiger partial charge < -0.3 is 10.1 Å². The number of hydrogen-bond donors (Lipinski definition) is 1. The third-order valence-electron chi connectivity index (χ3n) is 5.23.